The van der Waals surface area contributed by atoms with Gasteiger partial charge >= 0.3 is 0 Å². The molecule has 0 spiro atoms. The van der Waals surface area contributed by atoms with Gasteiger partial charge in [-0.3, -0.25) is 0 Å². The Balaban J connectivity index is 3.34. The van der Waals surface area contributed by atoms with Gasteiger partial charge < -0.3 is 14.0 Å². The van der Waals surface area contributed by atoms with Gasteiger partial charge in [-0.2, -0.15) is 0 Å². The van der Waals surface area contributed by atoms with Gasteiger partial charge in [-0.05, 0) is 20.8 Å². The molecule has 0 saturated carbocycles. The molecule has 4 heteroatoms. The molecule has 68 valence electrons. The normalized spacial score (nSPS) is 12.0. The molecule has 0 aromatic carbocycles. The van der Waals surface area contributed by atoms with Gasteiger partial charge in [0.1, 0.15) is 0 Å². The van der Waals surface area contributed by atoms with Gasteiger partial charge in [0.15, 0.2) is 6.03 Å². The van der Waals surface area contributed by atoms with Crippen LogP contribution in [-0.2, 0) is 14.0 Å². The van der Waals surface area contributed by atoms with Crippen LogP contribution < -0.4 is 0 Å². The van der Waals surface area contributed by atoms with Gasteiger partial charge in [-0.25, -0.2) is 0 Å². The summed E-state index contributed by atoms with van der Waals surface area (Å²) in [4.78, 5) is 0. The van der Waals surface area contributed by atoms with Crippen molar-refractivity contribution in [1.29, 1.82) is 0 Å². The van der Waals surface area contributed by atoms with Crippen LogP contribution in [0.15, 0.2) is 0 Å². The first-order chi connectivity index (χ1) is 5.35. The maximum absolute atomic E-state index is 5.25. The molecule has 0 aliphatic heterocycles. The summed E-state index contributed by atoms with van der Waals surface area (Å²) in [7, 11) is 0.293. The van der Waals surface area contributed by atoms with E-state index in [0.717, 1.165) is 6.61 Å². The average Bonchev–Trinajstić information content (AvgIpc) is 2.01. The van der Waals surface area contributed by atoms with Crippen LogP contribution in [0.25, 0.3) is 0 Å². The van der Waals surface area contributed by atoms with Crippen LogP contribution in [0.2, 0.25) is 0 Å². The second kappa shape index (κ2) is 8.41. The highest BCUT2D eigenvalue weighted by molar-refractivity contribution is 7.32. The second-order valence-electron chi connectivity index (χ2n) is 1.79. The Hall–Kier alpha value is 0.310. The van der Waals surface area contributed by atoms with E-state index in [2.05, 4.69) is 0 Å². The molecule has 0 saturated heterocycles. The third kappa shape index (κ3) is 6.70. The number of hydrogen-bond donors (Lipinski definition) is 0. The Labute approximate surface area is 70.3 Å². The molecule has 3 nitrogen and oxygen atoms in total. The van der Waals surface area contributed by atoms with Crippen molar-refractivity contribution in [2.45, 2.75) is 26.8 Å². The summed E-state index contributed by atoms with van der Waals surface area (Å²) < 4.78 is 15.7. The fraction of sp³-hybridized carbons (Fsp3) is 1.00. The molecule has 1 atom stereocenters. The van der Waals surface area contributed by atoms with E-state index in [1.54, 1.807) is 0 Å². The molecule has 0 N–H and O–H groups in total. The molecule has 11 heavy (non-hydrogen) atoms. The SMILES string of the molecule is CCOPC(OCC)OCC. The van der Waals surface area contributed by atoms with Crippen molar-refractivity contribution in [2.75, 3.05) is 19.8 Å². The van der Waals surface area contributed by atoms with Crippen LogP contribution in [-0.4, -0.2) is 25.9 Å². The standard InChI is InChI=1S/C7H17O3P/c1-4-8-7(9-5-2)11-10-6-3/h7,11H,4-6H2,1-3H3. The van der Waals surface area contributed by atoms with Crippen molar-refractivity contribution in [3.8, 4) is 0 Å². The lowest BCUT2D eigenvalue weighted by Gasteiger charge is -2.15. The lowest BCUT2D eigenvalue weighted by atomic mass is 10.9. The van der Waals surface area contributed by atoms with E-state index in [-0.39, 0.29) is 6.03 Å². The van der Waals surface area contributed by atoms with Gasteiger partial charge in [0.2, 0.25) is 0 Å². The van der Waals surface area contributed by atoms with Gasteiger partial charge in [0.25, 0.3) is 0 Å². The Morgan fingerprint density at radius 3 is 1.91 bits per heavy atom. The quantitative estimate of drug-likeness (QED) is 0.443. The molecule has 0 amide bonds. The first kappa shape index (κ1) is 11.3. The fourth-order valence-electron chi connectivity index (χ4n) is 0.570. The van der Waals surface area contributed by atoms with Crippen LogP contribution in [0, 0.1) is 0 Å². The predicted octanol–water partition coefficient (Wildman–Crippen LogP) is 1.97. The van der Waals surface area contributed by atoms with Crippen LogP contribution in [0.3, 0.4) is 0 Å². The summed E-state index contributed by atoms with van der Waals surface area (Å²) in [6.07, 6.45) is 0. The number of hydrogen-bond acceptors (Lipinski definition) is 3. The molecule has 0 aromatic heterocycles. The topological polar surface area (TPSA) is 27.7 Å². The summed E-state index contributed by atoms with van der Waals surface area (Å²) in [5, 5.41) is 0. The molecule has 0 heterocycles. The largest absolute Gasteiger partial charge is 0.357 e. The minimum absolute atomic E-state index is 0.162. The summed E-state index contributed by atoms with van der Waals surface area (Å²) in [6.45, 7) is 7.91. The van der Waals surface area contributed by atoms with Crippen LogP contribution in [0.1, 0.15) is 20.8 Å². The van der Waals surface area contributed by atoms with Gasteiger partial charge in [-0.1, -0.05) is 0 Å². The molecule has 0 rings (SSSR count). The molecule has 0 bridgehead atoms. The Bertz CT molecular complexity index is 74.1. The zero-order chi connectivity index (χ0) is 8.53. The van der Waals surface area contributed by atoms with Crippen LogP contribution in [0.4, 0.5) is 0 Å². The lowest BCUT2D eigenvalue weighted by Crippen LogP contribution is -2.11. The van der Waals surface area contributed by atoms with Gasteiger partial charge in [-0.15, -0.1) is 0 Å². The maximum Gasteiger partial charge on any atom is 0.198 e. The fourth-order valence-corrected chi connectivity index (χ4v) is 1.34. The first-order valence-corrected chi connectivity index (χ1v) is 4.94. The zero-order valence-electron chi connectivity index (χ0n) is 7.42. The summed E-state index contributed by atoms with van der Waals surface area (Å²) in [5.74, 6) is 0. The molecule has 0 radical (unpaired) electrons. The molecule has 0 fully saturated rings. The van der Waals surface area contributed by atoms with E-state index in [1.165, 1.54) is 0 Å². The Morgan fingerprint density at radius 1 is 1.00 bits per heavy atom. The van der Waals surface area contributed by atoms with Crippen LogP contribution in [0.5, 0.6) is 0 Å². The Kier molecular flexibility index (Phi) is 8.64. The van der Waals surface area contributed by atoms with Crippen molar-refractivity contribution < 1.29 is 14.0 Å². The van der Waals surface area contributed by atoms with E-state index in [9.17, 15) is 0 Å². The van der Waals surface area contributed by atoms with E-state index < -0.39 is 0 Å². The minimum Gasteiger partial charge on any atom is -0.357 e. The van der Waals surface area contributed by atoms with Crippen molar-refractivity contribution in [2.24, 2.45) is 0 Å². The van der Waals surface area contributed by atoms with Gasteiger partial charge in [0, 0.05) is 19.8 Å². The molecule has 1 unspecified atom stereocenters. The predicted molar refractivity (Wildman–Crippen MR) is 47.0 cm³/mol. The van der Waals surface area contributed by atoms with Crippen LogP contribution >= 0.6 is 8.81 Å². The van der Waals surface area contributed by atoms with Crippen molar-refractivity contribution in [3.05, 3.63) is 0 Å². The molecular formula is C7H17O3P. The highest BCUT2D eigenvalue weighted by Crippen LogP contribution is 2.21. The number of rotatable bonds is 7. The molecular weight excluding hydrogens is 163 g/mol. The third-order valence-electron chi connectivity index (χ3n) is 0.960. The highest BCUT2D eigenvalue weighted by atomic mass is 31.1. The smallest absolute Gasteiger partial charge is 0.198 e. The highest BCUT2D eigenvalue weighted by Gasteiger charge is 2.06. The van der Waals surface area contributed by atoms with Gasteiger partial charge in [0.05, 0.1) is 8.81 Å². The molecule has 0 aromatic rings. The maximum atomic E-state index is 5.25. The zero-order valence-corrected chi connectivity index (χ0v) is 8.42. The summed E-state index contributed by atoms with van der Waals surface area (Å²) in [5.41, 5.74) is 0. The average molecular weight is 180 g/mol. The van der Waals surface area contributed by atoms with E-state index in [1.807, 2.05) is 20.8 Å². The first-order valence-electron chi connectivity index (χ1n) is 3.95. The summed E-state index contributed by atoms with van der Waals surface area (Å²) in [6, 6.07) is -0.162. The molecule has 0 aliphatic rings. The summed E-state index contributed by atoms with van der Waals surface area (Å²) >= 11 is 0. The van der Waals surface area contributed by atoms with Crippen molar-refractivity contribution in [1.82, 2.24) is 0 Å². The monoisotopic (exact) mass is 180 g/mol. The van der Waals surface area contributed by atoms with E-state index >= 15 is 0 Å². The lowest BCUT2D eigenvalue weighted by molar-refractivity contribution is -0.0810. The number of ether oxygens (including phenoxy) is 2. The van der Waals surface area contributed by atoms with E-state index in [0.29, 0.717) is 22.0 Å². The van der Waals surface area contributed by atoms with E-state index in [4.69, 9.17) is 14.0 Å². The molecule has 0 aliphatic carbocycles. The minimum atomic E-state index is -0.162. The Morgan fingerprint density at radius 2 is 1.55 bits per heavy atom. The third-order valence-corrected chi connectivity index (χ3v) is 1.94. The van der Waals surface area contributed by atoms with Crippen molar-refractivity contribution in [3.63, 3.8) is 0 Å². The second-order valence-corrected chi connectivity index (χ2v) is 2.79. The van der Waals surface area contributed by atoms with Crippen molar-refractivity contribution >= 4 is 8.81 Å².